The Morgan fingerprint density at radius 1 is 1.03 bits per heavy atom. The van der Waals surface area contributed by atoms with Gasteiger partial charge in [0.25, 0.3) is 0 Å². The number of ether oxygens (including phenoxy) is 3. The minimum Gasteiger partial charge on any atom is -0.494 e. The smallest absolute Gasteiger partial charge is 0.163 e. The van der Waals surface area contributed by atoms with E-state index in [0.29, 0.717) is 45.3 Å². The highest BCUT2D eigenvalue weighted by Crippen LogP contribution is 2.38. The summed E-state index contributed by atoms with van der Waals surface area (Å²) >= 11 is 0. The summed E-state index contributed by atoms with van der Waals surface area (Å²) in [6.45, 7) is 4.63. The molecule has 0 radical (unpaired) electrons. The molecule has 0 spiro atoms. The molecular formula is C29H33F2NO5. The molecule has 1 N–H and O–H groups in total. The zero-order valence-corrected chi connectivity index (χ0v) is 21.8. The van der Waals surface area contributed by atoms with E-state index in [1.54, 1.807) is 49.4 Å². The number of pyridine rings is 1. The van der Waals surface area contributed by atoms with Gasteiger partial charge in [0.05, 0.1) is 19.9 Å². The van der Waals surface area contributed by atoms with Gasteiger partial charge in [-0.15, -0.1) is 0 Å². The number of carbonyl (C=O) groups is 1. The largest absolute Gasteiger partial charge is 0.494 e. The number of alkyl halides is 1. The van der Waals surface area contributed by atoms with Crippen molar-refractivity contribution < 1.29 is 32.9 Å². The van der Waals surface area contributed by atoms with E-state index < -0.39 is 12.3 Å². The van der Waals surface area contributed by atoms with Crippen LogP contribution in [-0.4, -0.2) is 43.4 Å². The number of rotatable bonds is 12. The van der Waals surface area contributed by atoms with Gasteiger partial charge in [-0.05, 0) is 73.4 Å². The van der Waals surface area contributed by atoms with Crippen molar-refractivity contribution >= 4 is 5.78 Å². The topological polar surface area (TPSA) is 77.9 Å². The van der Waals surface area contributed by atoms with Gasteiger partial charge in [0.2, 0.25) is 0 Å². The zero-order chi connectivity index (χ0) is 27.2. The van der Waals surface area contributed by atoms with Crippen molar-refractivity contribution in [3.63, 3.8) is 0 Å². The molecule has 198 valence electrons. The summed E-state index contributed by atoms with van der Waals surface area (Å²) in [6, 6.07) is 12.8. The van der Waals surface area contributed by atoms with Gasteiger partial charge in [-0.3, -0.25) is 4.79 Å². The monoisotopic (exact) mass is 513 g/mol. The first kappa shape index (κ1) is 28.1. The van der Waals surface area contributed by atoms with E-state index in [1.807, 2.05) is 13.8 Å². The number of hydrogen-bond donors (Lipinski definition) is 1. The molecule has 6 nitrogen and oxygen atoms in total. The predicted molar refractivity (Wildman–Crippen MR) is 138 cm³/mol. The van der Waals surface area contributed by atoms with E-state index in [1.165, 1.54) is 20.3 Å². The second-order valence-electron chi connectivity index (χ2n) is 9.12. The number of ketones is 1. The molecule has 3 rings (SSSR count). The van der Waals surface area contributed by atoms with Crippen molar-refractivity contribution in [1.82, 2.24) is 4.98 Å². The standard InChI is InChI=1S/C29H33F2NO5/c1-18(2)29(34,13-12-23(33)20-7-9-24(37-15-14-30)26(17-20)36-5)27-11-10-25(35-4)28(32-27)21-6-8-22(31)19(3)16-21/h6-11,16-18,34H,12-15H2,1-5H3. The van der Waals surface area contributed by atoms with Crippen LogP contribution in [0.15, 0.2) is 48.5 Å². The normalized spacial score (nSPS) is 12.8. The maximum atomic E-state index is 13.9. The minimum absolute atomic E-state index is 0.0429. The van der Waals surface area contributed by atoms with Gasteiger partial charge in [-0.1, -0.05) is 13.8 Å². The summed E-state index contributed by atoms with van der Waals surface area (Å²) in [6.07, 6.45) is 0.161. The fourth-order valence-electron chi connectivity index (χ4n) is 4.12. The highest BCUT2D eigenvalue weighted by molar-refractivity contribution is 5.96. The minimum atomic E-state index is -1.42. The molecule has 0 saturated heterocycles. The lowest BCUT2D eigenvalue weighted by Crippen LogP contribution is -2.34. The van der Waals surface area contributed by atoms with Crippen LogP contribution in [-0.2, 0) is 5.60 Å². The number of benzene rings is 2. The molecule has 1 unspecified atom stereocenters. The lowest BCUT2D eigenvalue weighted by molar-refractivity contribution is -0.0228. The summed E-state index contributed by atoms with van der Waals surface area (Å²) in [7, 11) is 2.96. The molecule has 2 aromatic carbocycles. The summed E-state index contributed by atoms with van der Waals surface area (Å²) < 4.78 is 42.4. The van der Waals surface area contributed by atoms with Crippen molar-refractivity contribution in [3.8, 4) is 28.5 Å². The van der Waals surface area contributed by atoms with E-state index in [4.69, 9.17) is 19.2 Å². The maximum absolute atomic E-state index is 13.9. The molecule has 3 aromatic rings. The summed E-state index contributed by atoms with van der Waals surface area (Å²) in [5.74, 6) is 0.372. The Morgan fingerprint density at radius 2 is 1.73 bits per heavy atom. The Bertz CT molecular complexity index is 1250. The Hall–Kier alpha value is -3.52. The van der Waals surface area contributed by atoms with E-state index in [2.05, 4.69) is 0 Å². The van der Waals surface area contributed by atoms with Gasteiger partial charge >= 0.3 is 0 Å². The van der Waals surface area contributed by atoms with Crippen molar-refractivity contribution in [1.29, 1.82) is 0 Å². The summed E-state index contributed by atoms with van der Waals surface area (Å²) in [5, 5.41) is 11.7. The molecule has 1 aromatic heterocycles. The second-order valence-corrected chi connectivity index (χ2v) is 9.12. The third-order valence-corrected chi connectivity index (χ3v) is 6.46. The van der Waals surface area contributed by atoms with Crippen LogP contribution < -0.4 is 14.2 Å². The Kier molecular flexibility index (Phi) is 9.21. The van der Waals surface area contributed by atoms with Gasteiger partial charge in [0.1, 0.15) is 36.1 Å². The van der Waals surface area contributed by atoms with E-state index in [9.17, 15) is 18.7 Å². The molecule has 0 saturated carbocycles. The highest BCUT2D eigenvalue weighted by atomic mass is 19.1. The average Bonchev–Trinajstić information content (AvgIpc) is 2.91. The number of halogens is 2. The van der Waals surface area contributed by atoms with Crippen LogP contribution in [0.3, 0.4) is 0 Å². The van der Waals surface area contributed by atoms with Gasteiger partial charge < -0.3 is 19.3 Å². The molecule has 1 atom stereocenters. The predicted octanol–water partition coefficient (Wildman–Crippen LogP) is 6.07. The lowest BCUT2D eigenvalue weighted by Gasteiger charge is -2.32. The fourth-order valence-corrected chi connectivity index (χ4v) is 4.12. The number of hydrogen-bond acceptors (Lipinski definition) is 6. The van der Waals surface area contributed by atoms with Gasteiger partial charge in [-0.25, -0.2) is 13.8 Å². The lowest BCUT2D eigenvalue weighted by atomic mass is 9.81. The van der Waals surface area contributed by atoms with Crippen LogP contribution in [0, 0.1) is 18.7 Å². The van der Waals surface area contributed by atoms with Crippen LogP contribution in [0.4, 0.5) is 8.78 Å². The van der Waals surface area contributed by atoms with Gasteiger partial charge in [-0.2, -0.15) is 0 Å². The number of aromatic nitrogens is 1. The summed E-state index contributed by atoms with van der Waals surface area (Å²) in [4.78, 5) is 17.8. The molecule has 0 aliphatic carbocycles. The number of aliphatic hydroxyl groups is 1. The molecule has 1 heterocycles. The summed E-state index contributed by atoms with van der Waals surface area (Å²) in [5.41, 5.74) is 0.957. The second kappa shape index (κ2) is 12.1. The number of nitrogens with zero attached hydrogens (tertiary/aromatic N) is 1. The molecule has 0 bridgehead atoms. The van der Waals surface area contributed by atoms with Gasteiger partial charge in [0, 0.05) is 17.5 Å². The first-order valence-corrected chi connectivity index (χ1v) is 12.1. The molecule has 0 fully saturated rings. The van der Waals surface area contributed by atoms with Crippen molar-refractivity contribution in [3.05, 3.63) is 71.2 Å². The van der Waals surface area contributed by atoms with E-state index in [-0.39, 0.29) is 37.0 Å². The molecule has 0 aliphatic heterocycles. The first-order valence-electron chi connectivity index (χ1n) is 12.1. The average molecular weight is 514 g/mol. The molecule has 8 heteroatoms. The first-order chi connectivity index (χ1) is 17.6. The number of carbonyl (C=O) groups excluding carboxylic acids is 1. The quantitative estimate of drug-likeness (QED) is 0.296. The number of Topliss-reactive ketones (excluding diaryl/α,β-unsaturated/α-hetero) is 1. The molecule has 0 amide bonds. The number of aryl methyl sites for hydroxylation is 1. The van der Waals surface area contributed by atoms with Crippen molar-refractivity contribution in [2.24, 2.45) is 5.92 Å². The molecular weight excluding hydrogens is 480 g/mol. The molecule has 37 heavy (non-hydrogen) atoms. The van der Waals surface area contributed by atoms with Crippen LogP contribution in [0.25, 0.3) is 11.3 Å². The van der Waals surface area contributed by atoms with Crippen LogP contribution in [0.5, 0.6) is 17.2 Å². The molecule has 0 aliphatic rings. The zero-order valence-electron chi connectivity index (χ0n) is 21.8. The van der Waals surface area contributed by atoms with Crippen LogP contribution in [0.2, 0.25) is 0 Å². The van der Waals surface area contributed by atoms with E-state index >= 15 is 0 Å². The third kappa shape index (κ3) is 6.25. The SMILES string of the molecule is COc1cc(C(=O)CCC(O)(c2ccc(OC)c(-c3ccc(F)c(C)c3)n2)C(C)C)ccc1OCCF. The number of methoxy groups -OCH3 is 2. The van der Waals surface area contributed by atoms with E-state index in [0.717, 1.165) is 0 Å². The van der Waals surface area contributed by atoms with Crippen LogP contribution in [0.1, 0.15) is 48.3 Å². The Balaban J connectivity index is 1.89. The van der Waals surface area contributed by atoms with Gasteiger partial charge in [0.15, 0.2) is 17.3 Å². The van der Waals surface area contributed by atoms with Crippen molar-refractivity contribution in [2.45, 2.75) is 39.2 Å². The van der Waals surface area contributed by atoms with Crippen LogP contribution >= 0.6 is 0 Å². The highest BCUT2D eigenvalue weighted by Gasteiger charge is 2.36. The maximum Gasteiger partial charge on any atom is 0.163 e. The Labute approximate surface area is 216 Å². The third-order valence-electron chi connectivity index (χ3n) is 6.46. The van der Waals surface area contributed by atoms with Crippen molar-refractivity contribution in [2.75, 3.05) is 27.5 Å². The fraction of sp³-hybridized carbons (Fsp3) is 0.379. The Morgan fingerprint density at radius 3 is 2.35 bits per heavy atom.